The Morgan fingerprint density at radius 1 is 1.67 bits per heavy atom. The summed E-state index contributed by atoms with van der Waals surface area (Å²) in [5.74, 6) is 3.11. The van der Waals surface area contributed by atoms with Crippen molar-refractivity contribution in [1.29, 1.82) is 0 Å². The third-order valence-electron chi connectivity index (χ3n) is 2.51. The van der Waals surface area contributed by atoms with Crippen LogP contribution in [0.25, 0.3) is 0 Å². The van der Waals surface area contributed by atoms with Crippen molar-refractivity contribution in [3.8, 4) is 0 Å². The zero-order valence-electron chi connectivity index (χ0n) is 8.88. The summed E-state index contributed by atoms with van der Waals surface area (Å²) in [6.45, 7) is 2.66. The van der Waals surface area contributed by atoms with Crippen LogP contribution < -0.4 is 0 Å². The molecule has 15 heavy (non-hydrogen) atoms. The van der Waals surface area contributed by atoms with Crippen molar-refractivity contribution in [2.24, 2.45) is 0 Å². The van der Waals surface area contributed by atoms with E-state index in [1.807, 2.05) is 11.8 Å². The molecule has 1 aromatic rings. The summed E-state index contributed by atoms with van der Waals surface area (Å²) in [6.07, 6.45) is -0.687. The quantitative estimate of drug-likeness (QED) is 0.811. The fourth-order valence-electron chi connectivity index (χ4n) is 1.51. The number of aliphatic hydroxyl groups excluding tert-OH is 1. The monoisotopic (exact) mass is 229 g/mol. The summed E-state index contributed by atoms with van der Waals surface area (Å²) >= 11 is 1.89. The van der Waals surface area contributed by atoms with Gasteiger partial charge in [0.2, 0.25) is 0 Å². The second kappa shape index (κ2) is 4.51. The van der Waals surface area contributed by atoms with Crippen LogP contribution in [0.3, 0.4) is 0 Å². The van der Waals surface area contributed by atoms with Crippen molar-refractivity contribution in [1.82, 2.24) is 15.0 Å². The molecule has 1 N–H and O–H groups in total. The molecule has 2 rings (SSSR count). The minimum Gasteiger partial charge on any atom is -0.384 e. The highest BCUT2D eigenvalue weighted by Crippen LogP contribution is 2.26. The average molecular weight is 229 g/mol. The Hall–Kier alpha value is -0.590. The van der Waals surface area contributed by atoms with Gasteiger partial charge in [0, 0.05) is 18.1 Å². The lowest BCUT2D eigenvalue weighted by atomic mass is 10.3. The third-order valence-corrected chi connectivity index (χ3v) is 3.53. The number of nitrogens with zero attached hydrogens (tertiary/aromatic N) is 3. The van der Waals surface area contributed by atoms with Crippen molar-refractivity contribution in [3.63, 3.8) is 0 Å². The van der Waals surface area contributed by atoms with Crippen molar-refractivity contribution >= 4 is 11.8 Å². The van der Waals surface area contributed by atoms with Gasteiger partial charge in [-0.2, -0.15) is 16.7 Å². The Labute approximate surface area is 92.8 Å². The van der Waals surface area contributed by atoms with E-state index in [-0.39, 0.29) is 6.04 Å². The van der Waals surface area contributed by atoms with E-state index in [9.17, 15) is 5.11 Å². The molecule has 1 aliphatic rings. The molecule has 0 spiro atoms. The van der Waals surface area contributed by atoms with E-state index >= 15 is 0 Å². The van der Waals surface area contributed by atoms with Crippen molar-refractivity contribution < 1.29 is 9.63 Å². The number of hydrogen-bond acceptors (Lipinski definition) is 6. The van der Waals surface area contributed by atoms with Gasteiger partial charge in [-0.05, 0) is 14.0 Å². The van der Waals surface area contributed by atoms with Crippen LogP contribution in [0.2, 0.25) is 0 Å². The predicted molar refractivity (Wildman–Crippen MR) is 57.6 cm³/mol. The van der Waals surface area contributed by atoms with Crippen LogP contribution in [0, 0.1) is 0 Å². The minimum absolute atomic E-state index is 0.208. The molecule has 1 aromatic heterocycles. The van der Waals surface area contributed by atoms with Crippen LogP contribution in [0.15, 0.2) is 4.52 Å². The van der Waals surface area contributed by atoms with E-state index in [0.29, 0.717) is 11.7 Å². The molecular weight excluding hydrogens is 214 g/mol. The summed E-state index contributed by atoms with van der Waals surface area (Å²) in [6, 6.07) is 0.208. The zero-order chi connectivity index (χ0) is 10.8. The minimum atomic E-state index is -0.687. The smallest absolute Gasteiger partial charge is 0.255 e. The van der Waals surface area contributed by atoms with Gasteiger partial charge in [-0.1, -0.05) is 5.16 Å². The van der Waals surface area contributed by atoms with Crippen molar-refractivity contribution in [3.05, 3.63) is 11.7 Å². The van der Waals surface area contributed by atoms with Crippen LogP contribution in [0.5, 0.6) is 0 Å². The molecule has 6 heteroatoms. The van der Waals surface area contributed by atoms with E-state index in [1.165, 1.54) is 0 Å². The first-order valence-electron chi connectivity index (χ1n) is 4.98. The maximum atomic E-state index is 9.29. The van der Waals surface area contributed by atoms with Crippen LogP contribution in [0.1, 0.15) is 30.8 Å². The van der Waals surface area contributed by atoms with Crippen LogP contribution in [-0.2, 0) is 0 Å². The van der Waals surface area contributed by atoms with E-state index in [2.05, 4.69) is 22.1 Å². The maximum Gasteiger partial charge on any atom is 0.255 e. The third kappa shape index (κ3) is 2.32. The molecule has 1 fully saturated rings. The first kappa shape index (κ1) is 10.9. The van der Waals surface area contributed by atoms with Gasteiger partial charge in [-0.3, -0.25) is 4.90 Å². The highest BCUT2D eigenvalue weighted by molar-refractivity contribution is 7.99. The highest BCUT2D eigenvalue weighted by Gasteiger charge is 2.26. The second-order valence-corrected chi connectivity index (χ2v) is 4.89. The maximum absolute atomic E-state index is 9.29. The van der Waals surface area contributed by atoms with E-state index < -0.39 is 6.10 Å². The van der Waals surface area contributed by atoms with Crippen LogP contribution in [0.4, 0.5) is 0 Å². The van der Waals surface area contributed by atoms with Gasteiger partial charge in [-0.15, -0.1) is 0 Å². The number of rotatable bonds is 2. The Bertz CT molecular complexity index is 329. The molecule has 1 saturated heterocycles. The van der Waals surface area contributed by atoms with E-state index in [1.54, 1.807) is 6.92 Å². The lowest BCUT2D eigenvalue weighted by molar-refractivity contribution is 0.151. The van der Waals surface area contributed by atoms with Crippen molar-refractivity contribution in [2.45, 2.75) is 19.1 Å². The molecule has 0 aromatic carbocycles. The Kier molecular flexibility index (Phi) is 3.28. The summed E-state index contributed by atoms with van der Waals surface area (Å²) in [4.78, 5) is 6.42. The van der Waals surface area contributed by atoms with E-state index in [4.69, 9.17) is 4.52 Å². The summed E-state index contributed by atoms with van der Waals surface area (Å²) in [5, 5.41) is 13.2. The number of thioether (sulfide) groups is 1. The molecule has 0 saturated carbocycles. The number of hydrogen-bond donors (Lipinski definition) is 1. The lowest BCUT2D eigenvalue weighted by Crippen LogP contribution is -2.33. The largest absolute Gasteiger partial charge is 0.384 e. The molecule has 0 radical (unpaired) electrons. The standard InChI is InChI=1S/C9H15N3O2S/c1-6(13)9-10-8(11-14-9)7-5-15-4-3-12(7)2/h6-7,13H,3-5H2,1-2H3. The molecule has 2 heterocycles. The topological polar surface area (TPSA) is 62.4 Å². The van der Waals surface area contributed by atoms with Gasteiger partial charge in [0.1, 0.15) is 6.10 Å². The summed E-state index contributed by atoms with van der Waals surface area (Å²) in [7, 11) is 2.06. The summed E-state index contributed by atoms with van der Waals surface area (Å²) < 4.78 is 4.98. The van der Waals surface area contributed by atoms with Crippen LogP contribution >= 0.6 is 11.8 Å². The number of aromatic nitrogens is 2. The molecular formula is C9H15N3O2S. The molecule has 0 aliphatic carbocycles. The first-order chi connectivity index (χ1) is 7.18. The van der Waals surface area contributed by atoms with Gasteiger partial charge in [0.05, 0.1) is 6.04 Å². The SMILES string of the molecule is CC(O)c1nc(C2CSCCN2C)no1. The lowest BCUT2D eigenvalue weighted by Gasteiger charge is -2.29. The second-order valence-electron chi connectivity index (χ2n) is 3.74. The average Bonchev–Trinajstić information content (AvgIpc) is 2.67. The van der Waals surface area contributed by atoms with E-state index in [0.717, 1.165) is 18.1 Å². The van der Waals surface area contributed by atoms with Gasteiger partial charge in [0.25, 0.3) is 5.89 Å². The molecule has 0 amide bonds. The Balaban J connectivity index is 2.13. The fraction of sp³-hybridized carbons (Fsp3) is 0.778. The predicted octanol–water partition coefficient (Wildman–Crippen LogP) is 0.843. The van der Waals surface area contributed by atoms with Gasteiger partial charge in [-0.25, -0.2) is 0 Å². The van der Waals surface area contributed by atoms with Gasteiger partial charge >= 0.3 is 0 Å². The Morgan fingerprint density at radius 3 is 3.07 bits per heavy atom. The number of aliphatic hydroxyl groups is 1. The van der Waals surface area contributed by atoms with Gasteiger partial charge in [0.15, 0.2) is 5.82 Å². The molecule has 1 aliphatic heterocycles. The van der Waals surface area contributed by atoms with Gasteiger partial charge < -0.3 is 9.63 Å². The first-order valence-corrected chi connectivity index (χ1v) is 6.13. The molecule has 0 bridgehead atoms. The summed E-state index contributed by atoms with van der Waals surface area (Å²) in [5.41, 5.74) is 0. The molecule has 2 unspecified atom stereocenters. The fourth-order valence-corrected chi connectivity index (χ4v) is 2.72. The Morgan fingerprint density at radius 2 is 2.47 bits per heavy atom. The zero-order valence-corrected chi connectivity index (χ0v) is 9.70. The molecule has 84 valence electrons. The molecule has 5 nitrogen and oxygen atoms in total. The normalized spacial score (nSPS) is 25.4. The highest BCUT2D eigenvalue weighted by atomic mass is 32.2. The molecule has 2 atom stereocenters. The van der Waals surface area contributed by atoms with Crippen LogP contribution in [-0.4, -0.2) is 45.2 Å². The van der Waals surface area contributed by atoms with Crippen molar-refractivity contribution in [2.75, 3.05) is 25.1 Å².